The van der Waals surface area contributed by atoms with Gasteiger partial charge in [-0.1, -0.05) is 11.6 Å². The number of halogens is 1. The van der Waals surface area contributed by atoms with E-state index < -0.39 is 5.97 Å². The van der Waals surface area contributed by atoms with Crippen LogP contribution in [0.4, 0.5) is 0 Å². The number of rotatable bonds is 6. The zero-order valence-corrected chi connectivity index (χ0v) is 12.4. The summed E-state index contributed by atoms with van der Waals surface area (Å²) in [5.74, 6) is 0.431. The Hall–Kier alpha value is -2.21. The third-order valence-electron chi connectivity index (χ3n) is 2.97. The van der Waals surface area contributed by atoms with Gasteiger partial charge in [-0.05, 0) is 12.1 Å². The number of aromatic nitrogens is 2. The molecule has 0 atom stereocenters. The number of benzene rings is 1. The maximum atomic E-state index is 11.0. The van der Waals surface area contributed by atoms with Gasteiger partial charge >= 0.3 is 5.97 Å². The van der Waals surface area contributed by atoms with Crippen molar-refractivity contribution < 1.29 is 19.4 Å². The lowest BCUT2D eigenvalue weighted by Gasteiger charge is -2.13. The van der Waals surface area contributed by atoms with E-state index in [-0.39, 0.29) is 10.6 Å². The zero-order valence-electron chi connectivity index (χ0n) is 11.7. The van der Waals surface area contributed by atoms with Gasteiger partial charge in [-0.3, -0.25) is 0 Å². The fourth-order valence-electron chi connectivity index (χ4n) is 1.87. The van der Waals surface area contributed by atoms with Gasteiger partial charge in [0, 0.05) is 25.9 Å². The largest absolute Gasteiger partial charge is 0.493 e. The lowest BCUT2D eigenvalue weighted by molar-refractivity contribution is 0.0696. The Morgan fingerprint density at radius 1 is 1.48 bits per heavy atom. The number of nitrogens with zero attached hydrogens (tertiary/aromatic N) is 2. The van der Waals surface area contributed by atoms with Crippen molar-refractivity contribution in [3.8, 4) is 11.5 Å². The molecule has 0 bridgehead atoms. The standard InChI is InChI=1S/C14H15ClN2O4/c1-17-5-4-16-12(17)3-6-21-13-10(15)7-9(14(18)19)8-11(13)20-2/h4-5,7-8H,3,6H2,1-2H3,(H,18,19). The zero-order chi connectivity index (χ0) is 15.4. The minimum Gasteiger partial charge on any atom is -0.493 e. The van der Waals surface area contributed by atoms with E-state index in [1.54, 1.807) is 6.20 Å². The van der Waals surface area contributed by atoms with E-state index in [1.165, 1.54) is 19.2 Å². The van der Waals surface area contributed by atoms with Gasteiger partial charge in [0.25, 0.3) is 0 Å². The normalized spacial score (nSPS) is 10.4. The summed E-state index contributed by atoms with van der Waals surface area (Å²) in [7, 11) is 3.33. The van der Waals surface area contributed by atoms with Gasteiger partial charge < -0.3 is 19.1 Å². The molecule has 0 fully saturated rings. The van der Waals surface area contributed by atoms with Crippen molar-refractivity contribution in [2.24, 2.45) is 7.05 Å². The number of carboxylic acid groups (broad SMARTS) is 1. The fourth-order valence-corrected chi connectivity index (χ4v) is 2.13. The number of aryl methyl sites for hydroxylation is 1. The Kier molecular flexibility index (Phi) is 4.70. The first kappa shape index (κ1) is 15.2. The van der Waals surface area contributed by atoms with Crippen LogP contribution in [0.25, 0.3) is 0 Å². The molecule has 0 spiro atoms. The second kappa shape index (κ2) is 6.49. The highest BCUT2D eigenvalue weighted by Gasteiger charge is 2.15. The van der Waals surface area contributed by atoms with Crippen molar-refractivity contribution in [2.75, 3.05) is 13.7 Å². The molecule has 21 heavy (non-hydrogen) atoms. The molecule has 1 heterocycles. The van der Waals surface area contributed by atoms with E-state index in [0.29, 0.717) is 24.5 Å². The van der Waals surface area contributed by atoms with Gasteiger partial charge in [0.05, 0.1) is 24.3 Å². The maximum Gasteiger partial charge on any atom is 0.335 e. The van der Waals surface area contributed by atoms with Crippen LogP contribution in [0.3, 0.4) is 0 Å². The molecule has 0 saturated carbocycles. The number of aromatic carboxylic acids is 1. The van der Waals surface area contributed by atoms with Crippen molar-refractivity contribution in [3.63, 3.8) is 0 Å². The van der Waals surface area contributed by atoms with E-state index >= 15 is 0 Å². The minimum atomic E-state index is -1.07. The van der Waals surface area contributed by atoms with Crippen LogP contribution in [0.2, 0.25) is 5.02 Å². The highest BCUT2D eigenvalue weighted by atomic mass is 35.5. The highest BCUT2D eigenvalue weighted by Crippen LogP contribution is 2.36. The first-order valence-corrected chi connectivity index (χ1v) is 6.60. The molecule has 0 radical (unpaired) electrons. The quantitative estimate of drug-likeness (QED) is 0.887. The van der Waals surface area contributed by atoms with Crippen molar-refractivity contribution >= 4 is 17.6 Å². The number of carboxylic acids is 1. The summed E-state index contributed by atoms with van der Waals surface area (Å²) in [5.41, 5.74) is 0.0494. The van der Waals surface area contributed by atoms with E-state index in [0.717, 1.165) is 5.82 Å². The maximum absolute atomic E-state index is 11.0. The summed E-state index contributed by atoms with van der Waals surface area (Å²) < 4.78 is 12.7. The molecule has 0 saturated heterocycles. The van der Waals surface area contributed by atoms with Crippen molar-refractivity contribution in [1.82, 2.24) is 9.55 Å². The molecule has 2 rings (SSSR count). The van der Waals surface area contributed by atoms with Crippen molar-refractivity contribution in [2.45, 2.75) is 6.42 Å². The number of ether oxygens (including phenoxy) is 2. The predicted molar refractivity (Wildman–Crippen MR) is 77.4 cm³/mol. The molecule has 0 aliphatic carbocycles. The Bertz CT molecular complexity index is 654. The Balaban J connectivity index is 2.12. The smallest absolute Gasteiger partial charge is 0.335 e. The third-order valence-corrected chi connectivity index (χ3v) is 3.25. The van der Waals surface area contributed by atoms with Gasteiger partial charge in [0.15, 0.2) is 11.5 Å². The van der Waals surface area contributed by atoms with Gasteiger partial charge in [0.1, 0.15) is 5.82 Å². The summed E-state index contributed by atoms with van der Waals surface area (Å²) in [4.78, 5) is 15.2. The molecule has 1 aromatic carbocycles. The Morgan fingerprint density at radius 2 is 2.24 bits per heavy atom. The molecule has 0 unspecified atom stereocenters. The number of imidazole rings is 1. The molecular formula is C14H15ClN2O4. The first-order valence-electron chi connectivity index (χ1n) is 6.22. The molecule has 112 valence electrons. The lowest BCUT2D eigenvalue weighted by Crippen LogP contribution is -2.08. The molecule has 1 aromatic heterocycles. The first-order chi connectivity index (χ1) is 10.0. The average Bonchev–Trinajstić information content (AvgIpc) is 2.85. The molecule has 6 nitrogen and oxygen atoms in total. The second-order valence-electron chi connectivity index (χ2n) is 4.35. The topological polar surface area (TPSA) is 73.6 Å². The van der Waals surface area contributed by atoms with Gasteiger partial charge in [0.2, 0.25) is 0 Å². The van der Waals surface area contributed by atoms with Crippen LogP contribution in [0, 0.1) is 0 Å². The molecule has 2 aromatic rings. The predicted octanol–water partition coefficient (Wildman–Crippen LogP) is 2.40. The highest BCUT2D eigenvalue weighted by molar-refractivity contribution is 6.32. The monoisotopic (exact) mass is 310 g/mol. The number of methoxy groups -OCH3 is 1. The van der Waals surface area contributed by atoms with Crippen LogP contribution in [0.5, 0.6) is 11.5 Å². The van der Waals surface area contributed by atoms with Gasteiger partial charge in [-0.2, -0.15) is 0 Å². The summed E-state index contributed by atoms with van der Waals surface area (Å²) in [6, 6.07) is 2.72. The SMILES string of the molecule is COc1cc(C(=O)O)cc(Cl)c1OCCc1nccn1C. The van der Waals surface area contributed by atoms with Gasteiger partial charge in [-0.15, -0.1) is 0 Å². The average molecular weight is 311 g/mol. The van der Waals surface area contributed by atoms with Crippen molar-refractivity contribution in [1.29, 1.82) is 0 Å². The second-order valence-corrected chi connectivity index (χ2v) is 4.75. The Labute approximate surface area is 126 Å². The van der Waals surface area contributed by atoms with Crippen LogP contribution in [0.1, 0.15) is 16.2 Å². The van der Waals surface area contributed by atoms with E-state index in [9.17, 15) is 4.79 Å². The molecule has 0 aliphatic heterocycles. The summed E-state index contributed by atoms with van der Waals surface area (Å²) >= 11 is 6.06. The summed E-state index contributed by atoms with van der Waals surface area (Å²) in [6.07, 6.45) is 4.17. The van der Waals surface area contributed by atoms with Crippen molar-refractivity contribution in [3.05, 3.63) is 40.9 Å². The molecular weight excluding hydrogens is 296 g/mol. The van der Waals surface area contributed by atoms with Crippen LogP contribution in [0.15, 0.2) is 24.5 Å². The van der Waals surface area contributed by atoms with Crippen LogP contribution in [-0.2, 0) is 13.5 Å². The molecule has 0 aliphatic rings. The Morgan fingerprint density at radius 3 is 2.81 bits per heavy atom. The lowest BCUT2D eigenvalue weighted by atomic mass is 10.2. The van der Waals surface area contributed by atoms with E-state index in [1.807, 2.05) is 17.8 Å². The van der Waals surface area contributed by atoms with Crippen LogP contribution >= 0.6 is 11.6 Å². The molecule has 7 heteroatoms. The third kappa shape index (κ3) is 3.46. The summed E-state index contributed by atoms with van der Waals surface area (Å²) in [5, 5.41) is 9.19. The molecule has 0 amide bonds. The molecule has 1 N–H and O–H groups in total. The van der Waals surface area contributed by atoms with Gasteiger partial charge in [-0.25, -0.2) is 9.78 Å². The van der Waals surface area contributed by atoms with E-state index in [2.05, 4.69) is 4.98 Å². The number of hydrogen-bond donors (Lipinski definition) is 1. The van der Waals surface area contributed by atoms with Crippen LogP contribution in [-0.4, -0.2) is 34.3 Å². The number of carbonyl (C=O) groups is 1. The fraction of sp³-hybridized carbons (Fsp3) is 0.286. The number of hydrogen-bond acceptors (Lipinski definition) is 4. The minimum absolute atomic E-state index is 0.0494. The van der Waals surface area contributed by atoms with Crippen LogP contribution < -0.4 is 9.47 Å². The summed E-state index contributed by atoms with van der Waals surface area (Å²) in [6.45, 7) is 0.355. The van der Waals surface area contributed by atoms with E-state index in [4.69, 9.17) is 26.2 Å².